The second-order valence-corrected chi connectivity index (χ2v) is 7.72. The number of hydrogen-bond donors (Lipinski definition) is 1. The van der Waals surface area contributed by atoms with Gasteiger partial charge in [-0.15, -0.1) is 0 Å². The van der Waals surface area contributed by atoms with Gasteiger partial charge in [-0.25, -0.2) is 13.1 Å². The summed E-state index contributed by atoms with van der Waals surface area (Å²) in [5, 5.41) is 0. The van der Waals surface area contributed by atoms with Crippen LogP contribution in [-0.4, -0.2) is 39.5 Å². The van der Waals surface area contributed by atoms with Crippen molar-refractivity contribution in [1.82, 2.24) is 4.72 Å². The number of imide groups is 1. The average molecular weight is 352 g/mol. The summed E-state index contributed by atoms with van der Waals surface area (Å²) in [6, 6.07) is 5.79. The van der Waals surface area contributed by atoms with Crippen molar-refractivity contribution < 1.29 is 22.7 Å². The van der Waals surface area contributed by atoms with Crippen LogP contribution < -0.4 is 9.62 Å². The Morgan fingerprint density at radius 1 is 1.08 bits per heavy atom. The van der Waals surface area contributed by atoms with Crippen molar-refractivity contribution in [3.05, 3.63) is 24.3 Å². The lowest BCUT2D eigenvalue weighted by Gasteiger charge is -2.24. The van der Waals surface area contributed by atoms with E-state index in [1.165, 1.54) is 24.3 Å². The van der Waals surface area contributed by atoms with E-state index < -0.39 is 10.0 Å². The molecule has 24 heavy (non-hydrogen) atoms. The summed E-state index contributed by atoms with van der Waals surface area (Å²) in [5.74, 6) is -0.503. The van der Waals surface area contributed by atoms with Crippen molar-refractivity contribution in [2.45, 2.75) is 43.1 Å². The number of carbonyl (C=O) groups is 2. The summed E-state index contributed by atoms with van der Waals surface area (Å²) in [6.45, 7) is 0.909. The molecule has 0 aliphatic carbocycles. The smallest absolute Gasteiger partial charge is 0.240 e. The van der Waals surface area contributed by atoms with E-state index in [0.717, 1.165) is 17.7 Å². The van der Waals surface area contributed by atoms with Gasteiger partial charge in [0.15, 0.2) is 0 Å². The van der Waals surface area contributed by atoms with E-state index >= 15 is 0 Å². The van der Waals surface area contributed by atoms with Gasteiger partial charge in [0.05, 0.1) is 16.7 Å². The first-order chi connectivity index (χ1) is 11.5. The summed E-state index contributed by atoms with van der Waals surface area (Å²) in [4.78, 5) is 25.0. The Labute approximate surface area is 141 Å². The Bertz CT molecular complexity index is 707. The summed E-state index contributed by atoms with van der Waals surface area (Å²) in [5.41, 5.74) is 0.405. The molecule has 2 aliphatic heterocycles. The zero-order valence-electron chi connectivity index (χ0n) is 13.2. The molecule has 2 fully saturated rings. The fourth-order valence-electron chi connectivity index (χ4n) is 2.91. The van der Waals surface area contributed by atoms with Gasteiger partial charge >= 0.3 is 0 Å². The van der Waals surface area contributed by atoms with Crippen molar-refractivity contribution in [2.75, 3.05) is 18.1 Å². The largest absolute Gasteiger partial charge is 0.377 e. The minimum absolute atomic E-state index is 0.0809. The minimum atomic E-state index is -3.64. The summed E-state index contributed by atoms with van der Waals surface area (Å²) in [7, 11) is -3.64. The number of benzene rings is 1. The van der Waals surface area contributed by atoms with E-state index in [4.69, 9.17) is 4.74 Å². The van der Waals surface area contributed by atoms with Crippen molar-refractivity contribution in [3.63, 3.8) is 0 Å². The Kier molecular flexibility index (Phi) is 4.98. The maximum atomic E-state index is 12.3. The molecule has 0 saturated carbocycles. The van der Waals surface area contributed by atoms with Gasteiger partial charge in [-0.05, 0) is 43.5 Å². The molecule has 2 aliphatic rings. The molecular formula is C16H20N2O5S. The van der Waals surface area contributed by atoms with Crippen LogP contribution in [0.2, 0.25) is 0 Å². The van der Waals surface area contributed by atoms with E-state index in [-0.39, 0.29) is 29.4 Å². The highest BCUT2D eigenvalue weighted by Gasteiger charge is 2.27. The van der Waals surface area contributed by atoms with Crippen LogP contribution in [0.3, 0.4) is 0 Å². The third-order valence-electron chi connectivity index (χ3n) is 4.21. The molecule has 1 unspecified atom stereocenters. The van der Waals surface area contributed by atoms with Gasteiger partial charge in [-0.1, -0.05) is 0 Å². The van der Waals surface area contributed by atoms with Crippen LogP contribution in [0.5, 0.6) is 0 Å². The molecule has 2 heterocycles. The lowest BCUT2D eigenvalue weighted by Crippen LogP contribution is -2.40. The maximum absolute atomic E-state index is 12.3. The molecule has 0 bridgehead atoms. The Hall–Kier alpha value is -1.77. The van der Waals surface area contributed by atoms with Gasteiger partial charge in [-0.3, -0.25) is 14.5 Å². The number of carbonyl (C=O) groups excluding carboxylic acids is 2. The number of amides is 2. The lowest BCUT2D eigenvalue weighted by molar-refractivity contribution is -0.129. The number of ether oxygens (including phenoxy) is 1. The van der Waals surface area contributed by atoms with Crippen LogP contribution in [-0.2, 0) is 24.3 Å². The SMILES string of the molecule is O=C1CCCC(=O)N1c1ccc(S(=O)(=O)NCC2CCCO2)cc1. The molecule has 1 N–H and O–H groups in total. The first-order valence-corrected chi connectivity index (χ1v) is 9.53. The van der Waals surface area contributed by atoms with E-state index in [0.29, 0.717) is 31.6 Å². The first-order valence-electron chi connectivity index (χ1n) is 8.04. The second kappa shape index (κ2) is 7.00. The Morgan fingerprint density at radius 2 is 1.75 bits per heavy atom. The highest BCUT2D eigenvalue weighted by atomic mass is 32.2. The van der Waals surface area contributed by atoms with Crippen molar-refractivity contribution in [1.29, 1.82) is 0 Å². The van der Waals surface area contributed by atoms with Crippen LogP contribution in [0, 0.1) is 0 Å². The number of hydrogen-bond acceptors (Lipinski definition) is 5. The molecule has 1 atom stereocenters. The van der Waals surface area contributed by atoms with Crippen LogP contribution in [0.15, 0.2) is 29.2 Å². The number of nitrogens with one attached hydrogen (secondary N) is 1. The van der Waals surface area contributed by atoms with E-state index in [1.807, 2.05) is 0 Å². The minimum Gasteiger partial charge on any atom is -0.377 e. The standard InChI is InChI=1S/C16H20N2O5S/c19-15-4-1-5-16(20)18(15)12-6-8-14(9-7-12)24(21,22)17-11-13-3-2-10-23-13/h6-9,13,17H,1-5,10-11H2. The van der Waals surface area contributed by atoms with Gasteiger partial charge < -0.3 is 4.74 Å². The molecule has 8 heteroatoms. The molecule has 130 valence electrons. The van der Waals surface area contributed by atoms with E-state index in [2.05, 4.69) is 4.72 Å². The molecule has 0 aromatic heterocycles. The average Bonchev–Trinajstić information content (AvgIpc) is 3.07. The molecule has 1 aromatic carbocycles. The number of sulfonamides is 1. The van der Waals surface area contributed by atoms with Gasteiger partial charge in [0.1, 0.15) is 0 Å². The monoisotopic (exact) mass is 352 g/mol. The number of piperidine rings is 1. The third-order valence-corrected chi connectivity index (χ3v) is 5.65. The zero-order chi connectivity index (χ0) is 17.2. The van der Waals surface area contributed by atoms with Crippen molar-refractivity contribution in [3.8, 4) is 0 Å². The topological polar surface area (TPSA) is 92.8 Å². The summed E-state index contributed by atoms with van der Waals surface area (Å²) < 4.78 is 32.5. The summed E-state index contributed by atoms with van der Waals surface area (Å²) in [6.07, 6.45) is 2.93. The third kappa shape index (κ3) is 3.66. The molecule has 1 aromatic rings. The van der Waals surface area contributed by atoms with Crippen LogP contribution in [0.4, 0.5) is 5.69 Å². The molecule has 0 spiro atoms. The lowest BCUT2D eigenvalue weighted by atomic mass is 10.1. The Balaban J connectivity index is 1.71. The van der Waals surface area contributed by atoms with Gasteiger partial charge in [-0.2, -0.15) is 0 Å². The molecular weight excluding hydrogens is 332 g/mol. The maximum Gasteiger partial charge on any atom is 0.240 e. The predicted molar refractivity (Wildman–Crippen MR) is 86.9 cm³/mol. The van der Waals surface area contributed by atoms with Gasteiger partial charge in [0.25, 0.3) is 0 Å². The molecule has 2 amide bonds. The van der Waals surface area contributed by atoms with Crippen molar-refractivity contribution >= 4 is 27.5 Å². The molecule has 2 saturated heterocycles. The van der Waals surface area contributed by atoms with Crippen molar-refractivity contribution in [2.24, 2.45) is 0 Å². The molecule has 3 rings (SSSR count). The number of anilines is 1. The quantitative estimate of drug-likeness (QED) is 0.804. The first kappa shape index (κ1) is 17.1. The Morgan fingerprint density at radius 3 is 2.33 bits per heavy atom. The highest BCUT2D eigenvalue weighted by Crippen LogP contribution is 2.23. The predicted octanol–water partition coefficient (Wildman–Crippen LogP) is 1.19. The summed E-state index contributed by atoms with van der Waals surface area (Å²) >= 11 is 0. The van der Waals surface area contributed by atoms with Crippen LogP contribution in [0.1, 0.15) is 32.1 Å². The van der Waals surface area contributed by atoms with Gasteiger partial charge in [0, 0.05) is 26.0 Å². The van der Waals surface area contributed by atoms with Crippen LogP contribution in [0.25, 0.3) is 0 Å². The molecule has 0 radical (unpaired) electrons. The number of nitrogens with zero attached hydrogens (tertiary/aromatic N) is 1. The zero-order valence-corrected chi connectivity index (χ0v) is 14.0. The highest BCUT2D eigenvalue weighted by molar-refractivity contribution is 7.89. The second-order valence-electron chi connectivity index (χ2n) is 5.96. The fraction of sp³-hybridized carbons (Fsp3) is 0.500. The van der Waals surface area contributed by atoms with E-state index in [1.54, 1.807) is 0 Å². The fourth-order valence-corrected chi connectivity index (χ4v) is 3.97. The van der Waals surface area contributed by atoms with E-state index in [9.17, 15) is 18.0 Å². The van der Waals surface area contributed by atoms with Gasteiger partial charge in [0.2, 0.25) is 21.8 Å². The number of rotatable bonds is 5. The molecule has 7 nitrogen and oxygen atoms in total. The normalized spacial score (nSPS) is 22.2. The van der Waals surface area contributed by atoms with Crippen LogP contribution >= 0.6 is 0 Å².